The standard InChI is InChI=1S/C19H19N3O3/c20-18(23)17-13-16(21-22(17)15-9-5-2-6-10-15)19(24)25-12-11-14-7-3-1-4-8-14/h1-10,17H,11-13H2,(H2,20,23). The molecule has 3 rings (SSSR count). The van der Waals surface area contributed by atoms with E-state index in [-0.39, 0.29) is 18.7 Å². The first-order valence-corrected chi connectivity index (χ1v) is 8.07. The summed E-state index contributed by atoms with van der Waals surface area (Å²) in [6, 6.07) is 18.2. The molecule has 6 nitrogen and oxygen atoms in total. The molecular weight excluding hydrogens is 318 g/mol. The van der Waals surface area contributed by atoms with E-state index in [4.69, 9.17) is 10.5 Å². The Morgan fingerprint density at radius 2 is 1.72 bits per heavy atom. The largest absolute Gasteiger partial charge is 0.461 e. The molecule has 0 saturated heterocycles. The van der Waals surface area contributed by atoms with Crippen molar-refractivity contribution >= 4 is 23.3 Å². The van der Waals surface area contributed by atoms with Crippen molar-refractivity contribution in [1.29, 1.82) is 0 Å². The molecule has 2 N–H and O–H groups in total. The molecule has 0 radical (unpaired) electrons. The van der Waals surface area contributed by atoms with Crippen LogP contribution in [0.3, 0.4) is 0 Å². The van der Waals surface area contributed by atoms with E-state index in [1.165, 1.54) is 5.01 Å². The minimum atomic E-state index is -0.681. The number of carbonyl (C=O) groups excluding carboxylic acids is 2. The van der Waals surface area contributed by atoms with Gasteiger partial charge >= 0.3 is 5.97 Å². The van der Waals surface area contributed by atoms with Gasteiger partial charge in [0, 0.05) is 12.8 Å². The van der Waals surface area contributed by atoms with Crippen molar-refractivity contribution in [2.45, 2.75) is 18.9 Å². The van der Waals surface area contributed by atoms with Crippen LogP contribution < -0.4 is 10.7 Å². The summed E-state index contributed by atoms with van der Waals surface area (Å²) >= 11 is 0. The second kappa shape index (κ2) is 7.61. The number of ether oxygens (including phenoxy) is 1. The second-order valence-electron chi connectivity index (χ2n) is 5.72. The first kappa shape index (κ1) is 16.7. The highest BCUT2D eigenvalue weighted by atomic mass is 16.5. The van der Waals surface area contributed by atoms with Crippen LogP contribution in [0.15, 0.2) is 65.8 Å². The zero-order valence-electron chi connectivity index (χ0n) is 13.7. The molecule has 1 atom stereocenters. The lowest BCUT2D eigenvalue weighted by Crippen LogP contribution is -2.39. The molecule has 0 aromatic heterocycles. The Bertz CT molecular complexity index is 775. The molecule has 2 aromatic rings. The van der Waals surface area contributed by atoms with Gasteiger partial charge in [-0.25, -0.2) is 4.79 Å². The van der Waals surface area contributed by atoms with Gasteiger partial charge in [0.2, 0.25) is 5.91 Å². The molecule has 0 bridgehead atoms. The normalized spacial score (nSPS) is 16.4. The van der Waals surface area contributed by atoms with Crippen molar-refractivity contribution in [2.24, 2.45) is 10.8 Å². The Hall–Kier alpha value is -3.15. The Morgan fingerprint density at radius 1 is 1.08 bits per heavy atom. The smallest absolute Gasteiger partial charge is 0.354 e. The van der Waals surface area contributed by atoms with Crippen LogP contribution in [0.2, 0.25) is 0 Å². The fraction of sp³-hybridized carbons (Fsp3) is 0.211. The maximum atomic E-state index is 12.2. The SMILES string of the molecule is NC(=O)C1CC(C(=O)OCCc2ccccc2)=NN1c1ccccc1. The summed E-state index contributed by atoms with van der Waals surface area (Å²) in [5, 5.41) is 5.74. The maximum absolute atomic E-state index is 12.2. The van der Waals surface area contributed by atoms with Gasteiger partial charge in [-0.1, -0.05) is 48.5 Å². The van der Waals surface area contributed by atoms with Crippen molar-refractivity contribution in [1.82, 2.24) is 0 Å². The number of benzene rings is 2. The van der Waals surface area contributed by atoms with Crippen molar-refractivity contribution in [2.75, 3.05) is 11.6 Å². The molecule has 1 unspecified atom stereocenters. The van der Waals surface area contributed by atoms with Crippen LogP contribution in [0.4, 0.5) is 5.69 Å². The lowest BCUT2D eigenvalue weighted by atomic mass is 10.1. The third-order valence-electron chi connectivity index (χ3n) is 3.96. The van der Waals surface area contributed by atoms with E-state index in [0.717, 1.165) is 5.56 Å². The Morgan fingerprint density at radius 3 is 2.36 bits per heavy atom. The molecule has 1 amide bonds. The number of nitrogens with zero attached hydrogens (tertiary/aromatic N) is 2. The van der Waals surface area contributed by atoms with Crippen LogP contribution >= 0.6 is 0 Å². The topological polar surface area (TPSA) is 85.0 Å². The number of nitrogens with two attached hydrogens (primary N) is 1. The van der Waals surface area contributed by atoms with Gasteiger partial charge < -0.3 is 10.5 Å². The Balaban J connectivity index is 1.65. The molecule has 1 aliphatic rings. The molecule has 0 saturated carbocycles. The summed E-state index contributed by atoms with van der Waals surface area (Å²) in [7, 11) is 0. The molecular formula is C19H19N3O3. The lowest BCUT2D eigenvalue weighted by Gasteiger charge is -2.20. The third-order valence-corrected chi connectivity index (χ3v) is 3.96. The summed E-state index contributed by atoms with van der Waals surface area (Å²) in [5.74, 6) is -1.04. The summed E-state index contributed by atoms with van der Waals surface area (Å²) in [6.07, 6.45) is 0.774. The quantitative estimate of drug-likeness (QED) is 0.816. The van der Waals surface area contributed by atoms with E-state index in [1.807, 2.05) is 60.7 Å². The van der Waals surface area contributed by atoms with Gasteiger partial charge in [0.05, 0.1) is 12.3 Å². The van der Waals surface area contributed by atoms with Gasteiger partial charge in [-0.05, 0) is 17.7 Å². The molecule has 0 aliphatic carbocycles. The van der Waals surface area contributed by atoms with Crippen LogP contribution in [0.25, 0.3) is 0 Å². The van der Waals surface area contributed by atoms with Crippen LogP contribution in [0.1, 0.15) is 12.0 Å². The number of anilines is 1. The Labute approximate surface area is 145 Å². The van der Waals surface area contributed by atoms with Gasteiger partial charge in [0.15, 0.2) is 0 Å². The first-order valence-electron chi connectivity index (χ1n) is 8.07. The van der Waals surface area contributed by atoms with E-state index >= 15 is 0 Å². The molecule has 6 heteroatoms. The van der Waals surface area contributed by atoms with Crippen LogP contribution in [-0.2, 0) is 20.7 Å². The van der Waals surface area contributed by atoms with Crippen LogP contribution in [-0.4, -0.2) is 30.2 Å². The number of hydrogen-bond acceptors (Lipinski definition) is 5. The van der Waals surface area contributed by atoms with Crippen molar-refractivity contribution < 1.29 is 14.3 Å². The van der Waals surface area contributed by atoms with Crippen molar-refractivity contribution in [3.63, 3.8) is 0 Å². The van der Waals surface area contributed by atoms with Gasteiger partial charge in [-0.2, -0.15) is 5.10 Å². The summed E-state index contributed by atoms with van der Waals surface area (Å²) < 4.78 is 5.29. The predicted molar refractivity (Wildman–Crippen MR) is 95.1 cm³/mol. The molecule has 0 spiro atoms. The second-order valence-corrected chi connectivity index (χ2v) is 5.72. The predicted octanol–water partition coefficient (Wildman–Crippen LogP) is 1.89. The monoisotopic (exact) mass is 337 g/mol. The summed E-state index contributed by atoms with van der Waals surface area (Å²) in [5.41, 5.74) is 7.46. The van der Waals surface area contributed by atoms with E-state index in [1.54, 1.807) is 0 Å². The number of hydrazone groups is 1. The lowest BCUT2D eigenvalue weighted by molar-refractivity contribution is -0.135. The molecule has 2 aromatic carbocycles. The molecule has 1 aliphatic heterocycles. The zero-order valence-corrected chi connectivity index (χ0v) is 13.7. The number of carbonyl (C=O) groups is 2. The number of esters is 1. The van der Waals surface area contributed by atoms with Gasteiger partial charge in [-0.15, -0.1) is 0 Å². The number of rotatable bonds is 6. The minimum absolute atomic E-state index is 0.147. The highest BCUT2D eigenvalue weighted by Gasteiger charge is 2.35. The zero-order chi connectivity index (χ0) is 17.6. The van der Waals surface area contributed by atoms with E-state index in [2.05, 4.69) is 5.10 Å². The number of primary amides is 1. The average Bonchev–Trinajstić information content (AvgIpc) is 3.09. The number of para-hydroxylation sites is 1. The number of hydrogen-bond donors (Lipinski definition) is 1. The molecule has 1 heterocycles. The van der Waals surface area contributed by atoms with Crippen molar-refractivity contribution in [3.8, 4) is 0 Å². The van der Waals surface area contributed by atoms with Crippen molar-refractivity contribution in [3.05, 3.63) is 66.2 Å². The van der Waals surface area contributed by atoms with Gasteiger partial charge in [0.1, 0.15) is 11.8 Å². The highest BCUT2D eigenvalue weighted by molar-refractivity contribution is 6.38. The maximum Gasteiger partial charge on any atom is 0.354 e. The van der Waals surface area contributed by atoms with Gasteiger partial charge in [0.25, 0.3) is 0 Å². The minimum Gasteiger partial charge on any atom is -0.461 e. The summed E-state index contributed by atoms with van der Waals surface area (Å²) in [4.78, 5) is 24.0. The number of amides is 1. The molecule has 0 fully saturated rings. The fourth-order valence-electron chi connectivity index (χ4n) is 2.66. The average molecular weight is 337 g/mol. The molecule has 128 valence electrons. The van der Waals surface area contributed by atoms with Crippen LogP contribution in [0.5, 0.6) is 0 Å². The highest BCUT2D eigenvalue weighted by Crippen LogP contribution is 2.24. The van der Waals surface area contributed by atoms with E-state index in [0.29, 0.717) is 12.1 Å². The summed E-state index contributed by atoms with van der Waals surface area (Å²) in [6.45, 7) is 0.258. The molecule has 25 heavy (non-hydrogen) atoms. The van der Waals surface area contributed by atoms with Gasteiger partial charge in [-0.3, -0.25) is 9.80 Å². The van der Waals surface area contributed by atoms with E-state index in [9.17, 15) is 9.59 Å². The first-order chi connectivity index (χ1) is 12.1. The van der Waals surface area contributed by atoms with Crippen LogP contribution in [0, 0.1) is 0 Å². The third kappa shape index (κ3) is 4.03. The fourth-order valence-corrected chi connectivity index (χ4v) is 2.66. The Kier molecular flexibility index (Phi) is 5.09. The van der Waals surface area contributed by atoms with E-state index < -0.39 is 17.9 Å².